The summed E-state index contributed by atoms with van der Waals surface area (Å²) in [5.74, 6) is 0. The maximum absolute atomic E-state index is 13.0. The van der Waals surface area contributed by atoms with Gasteiger partial charge < -0.3 is 4.57 Å². The van der Waals surface area contributed by atoms with Crippen LogP contribution in [0.3, 0.4) is 0 Å². The highest BCUT2D eigenvalue weighted by atomic mass is 16.1. The Morgan fingerprint density at radius 2 is 1.78 bits per heavy atom. The van der Waals surface area contributed by atoms with Crippen molar-refractivity contribution >= 4 is 22.1 Å². The number of pyridine rings is 2. The number of aromatic nitrogens is 4. The van der Waals surface area contributed by atoms with Crippen LogP contribution in [0.15, 0.2) is 59.8 Å². The van der Waals surface area contributed by atoms with Gasteiger partial charge in [0.1, 0.15) is 5.65 Å². The van der Waals surface area contributed by atoms with E-state index in [0.717, 1.165) is 16.6 Å². The topological polar surface area (TPSA) is 52.7 Å². The number of rotatable bonds is 2. The molecule has 0 saturated carbocycles. The second kappa shape index (κ2) is 5.05. The molecule has 0 N–H and O–H groups in total. The van der Waals surface area contributed by atoms with Gasteiger partial charge in [-0.2, -0.15) is 0 Å². The fourth-order valence-electron chi connectivity index (χ4n) is 2.95. The second-order valence-corrected chi connectivity index (χ2v) is 5.79. The first-order valence-corrected chi connectivity index (χ1v) is 7.60. The van der Waals surface area contributed by atoms with Crippen molar-refractivity contribution in [3.63, 3.8) is 0 Å². The monoisotopic (exact) mass is 304 g/mol. The number of benzene rings is 1. The normalized spacial score (nSPS) is 11.6. The Hall–Kier alpha value is -2.95. The van der Waals surface area contributed by atoms with E-state index < -0.39 is 0 Å². The Kier molecular flexibility index (Phi) is 3.01. The summed E-state index contributed by atoms with van der Waals surface area (Å²) < 4.78 is 3.66. The van der Waals surface area contributed by atoms with Crippen LogP contribution in [-0.4, -0.2) is 19.1 Å². The average Bonchev–Trinajstić information content (AvgIpc) is 3.02. The third kappa shape index (κ3) is 1.97. The van der Waals surface area contributed by atoms with Crippen LogP contribution in [0.4, 0.5) is 0 Å². The van der Waals surface area contributed by atoms with Crippen LogP contribution in [0.2, 0.25) is 0 Å². The van der Waals surface area contributed by atoms with Gasteiger partial charge in [0.25, 0.3) is 5.56 Å². The third-order valence-electron chi connectivity index (χ3n) is 4.02. The molecule has 0 fully saturated rings. The standard InChI is InChI=1S/C18H16N4O/c1-12(2)21-11-20-15-16(21)14-9-6-10-19-17(14)22(18(15)23)13-7-4-3-5-8-13/h3-12H,1-2H3. The van der Waals surface area contributed by atoms with Crippen molar-refractivity contribution in [1.82, 2.24) is 19.1 Å². The highest BCUT2D eigenvalue weighted by molar-refractivity contribution is 6.01. The molecule has 3 aromatic heterocycles. The molecule has 5 heteroatoms. The van der Waals surface area contributed by atoms with Crippen LogP contribution in [0.5, 0.6) is 0 Å². The number of hydrogen-bond donors (Lipinski definition) is 0. The van der Waals surface area contributed by atoms with Crippen molar-refractivity contribution in [3.8, 4) is 5.69 Å². The van der Waals surface area contributed by atoms with Gasteiger partial charge in [-0.15, -0.1) is 0 Å². The minimum absolute atomic E-state index is 0.142. The van der Waals surface area contributed by atoms with Crippen molar-refractivity contribution in [2.45, 2.75) is 19.9 Å². The summed E-state index contributed by atoms with van der Waals surface area (Å²) >= 11 is 0. The van der Waals surface area contributed by atoms with E-state index >= 15 is 0 Å². The molecule has 0 amide bonds. The van der Waals surface area contributed by atoms with Gasteiger partial charge in [0.15, 0.2) is 5.52 Å². The maximum atomic E-state index is 13.0. The minimum Gasteiger partial charge on any atom is -0.327 e. The minimum atomic E-state index is -0.142. The van der Waals surface area contributed by atoms with E-state index in [-0.39, 0.29) is 11.6 Å². The summed E-state index contributed by atoms with van der Waals surface area (Å²) in [6, 6.07) is 13.7. The first-order valence-electron chi connectivity index (χ1n) is 7.60. The Morgan fingerprint density at radius 1 is 1.00 bits per heavy atom. The maximum Gasteiger partial charge on any atom is 0.284 e. The molecule has 0 spiro atoms. The van der Waals surface area contributed by atoms with Crippen LogP contribution in [0, 0.1) is 0 Å². The van der Waals surface area contributed by atoms with Gasteiger partial charge in [0, 0.05) is 17.6 Å². The molecular formula is C18H16N4O. The van der Waals surface area contributed by atoms with E-state index in [0.29, 0.717) is 11.2 Å². The Bertz CT molecular complexity index is 1060. The summed E-state index contributed by atoms with van der Waals surface area (Å²) in [4.78, 5) is 21.9. The fourth-order valence-corrected chi connectivity index (χ4v) is 2.95. The summed E-state index contributed by atoms with van der Waals surface area (Å²) in [6.45, 7) is 4.15. The van der Waals surface area contributed by atoms with Gasteiger partial charge >= 0.3 is 0 Å². The molecule has 0 atom stereocenters. The van der Waals surface area contributed by atoms with Gasteiger partial charge in [0.2, 0.25) is 0 Å². The molecule has 4 rings (SSSR count). The fraction of sp³-hybridized carbons (Fsp3) is 0.167. The number of nitrogens with zero attached hydrogens (tertiary/aromatic N) is 4. The number of imidazole rings is 1. The van der Waals surface area contributed by atoms with Gasteiger partial charge in [-0.05, 0) is 38.1 Å². The predicted octanol–water partition coefficient (Wildman–Crippen LogP) is 3.32. The number of fused-ring (bicyclic) bond motifs is 3. The third-order valence-corrected chi connectivity index (χ3v) is 4.02. The van der Waals surface area contributed by atoms with Crippen molar-refractivity contribution in [3.05, 3.63) is 65.3 Å². The van der Waals surface area contributed by atoms with Gasteiger partial charge in [-0.3, -0.25) is 9.36 Å². The molecule has 4 aromatic rings. The van der Waals surface area contributed by atoms with E-state index in [1.807, 2.05) is 47.0 Å². The Morgan fingerprint density at radius 3 is 2.52 bits per heavy atom. The molecule has 3 heterocycles. The van der Waals surface area contributed by atoms with E-state index in [4.69, 9.17) is 0 Å². The molecule has 0 aliphatic rings. The molecule has 0 radical (unpaired) electrons. The molecule has 0 bridgehead atoms. The van der Waals surface area contributed by atoms with Gasteiger partial charge in [-0.25, -0.2) is 9.97 Å². The van der Waals surface area contributed by atoms with Gasteiger partial charge in [0.05, 0.1) is 17.5 Å². The lowest BCUT2D eigenvalue weighted by molar-refractivity contribution is 0.618. The molecule has 1 aromatic carbocycles. The first kappa shape index (κ1) is 13.7. The molecular weight excluding hydrogens is 288 g/mol. The van der Waals surface area contributed by atoms with Crippen molar-refractivity contribution in [2.75, 3.05) is 0 Å². The highest BCUT2D eigenvalue weighted by Gasteiger charge is 2.18. The largest absolute Gasteiger partial charge is 0.327 e. The Labute approximate surface area is 132 Å². The smallest absolute Gasteiger partial charge is 0.284 e. The SMILES string of the molecule is CC(C)n1cnc2c(=O)n(-c3ccccc3)c3ncccc3c21. The second-order valence-electron chi connectivity index (χ2n) is 5.79. The van der Waals surface area contributed by atoms with Crippen LogP contribution >= 0.6 is 0 Å². The van der Waals surface area contributed by atoms with E-state index in [1.165, 1.54) is 0 Å². The molecule has 0 aliphatic carbocycles. The zero-order chi connectivity index (χ0) is 16.0. The molecule has 0 saturated heterocycles. The lowest BCUT2D eigenvalue weighted by Gasteiger charge is -2.13. The molecule has 0 aliphatic heterocycles. The predicted molar refractivity (Wildman–Crippen MR) is 91.0 cm³/mol. The van der Waals surface area contributed by atoms with Crippen molar-refractivity contribution in [2.24, 2.45) is 0 Å². The molecule has 114 valence electrons. The zero-order valence-electron chi connectivity index (χ0n) is 13.0. The van der Waals surface area contributed by atoms with Crippen molar-refractivity contribution in [1.29, 1.82) is 0 Å². The number of hydrogen-bond acceptors (Lipinski definition) is 3. The van der Waals surface area contributed by atoms with Crippen molar-refractivity contribution < 1.29 is 0 Å². The lowest BCUT2D eigenvalue weighted by Crippen LogP contribution is -2.20. The quantitative estimate of drug-likeness (QED) is 0.571. The molecule has 5 nitrogen and oxygen atoms in total. The molecule has 23 heavy (non-hydrogen) atoms. The molecule has 0 unspecified atom stereocenters. The summed E-state index contributed by atoms with van der Waals surface area (Å²) in [5.41, 5.74) is 2.63. The number of para-hydroxylation sites is 1. The van der Waals surface area contributed by atoms with E-state index in [1.54, 1.807) is 17.1 Å². The first-order chi connectivity index (χ1) is 11.2. The van der Waals surface area contributed by atoms with Gasteiger partial charge in [-0.1, -0.05) is 18.2 Å². The lowest BCUT2D eigenvalue weighted by atomic mass is 10.2. The summed E-state index contributed by atoms with van der Waals surface area (Å²) in [6.07, 6.45) is 3.45. The van der Waals surface area contributed by atoms with Crippen LogP contribution in [0.1, 0.15) is 19.9 Å². The average molecular weight is 304 g/mol. The van der Waals surface area contributed by atoms with Crippen LogP contribution < -0.4 is 5.56 Å². The summed E-state index contributed by atoms with van der Waals surface area (Å²) in [5, 5.41) is 0.928. The van der Waals surface area contributed by atoms with E-state index in [9.17, 15) is 4.79 Å². The van der Waals surface area contributed by atoms with E-state index in [2.05, 4.69) is 23.8 Å². The summed E-state index contributed by atoms with van der Waals surface area (Å²) in [7, 11) is 0. The highest BCUT2D eigenvalue weighted by Crippen LogP contribution is 2.25. The Balaban J connectivity index is 2.25. The van der Waals surface area contributed by atoms with Crippen LogP contribution in [-0.2, 0) is 0 Å². The zero-order valence-corrected chi connectivity index (χ0v) is 13.0. The van der Waals surface area contributed by atoms with Crippen LogP contribution in [0.25, 0.3) is 27.8 Å².